The second-order valence-electron chi connectivity index (χ2n) is 4.21. The summed E-state index contributed by atoms with van der Waals surface area (Å²) in [4.78, 5) is 0. The van der Waals surface area contributed by atoms with Crippen LogP contribution in [0.3, 0.4) is 0 Å². The van der Waals surface area contributed by atoms with Crippen LogP contribution in [0.2, 0.25) is 0 Å². The molecule has 17 heavy (non-hydrogen) atoms. The van der Waals surface area contributed by atoms with Crippen molar-refractivity contribution in [3.8, 4) is 5.75 Å². The first-order valence-corrected chi connectivity index (χ1v) is 5.40. The summed E-state index contributed by atoms with van der Waals surface area (Å²) in [6.07, 6.45) is -0.670. The first-order chi connectivity index (χ1) is 7.91. The number of aliphatic hydroxyl groups excluding tert-OH is 1. The summed E-state index contributed by atoms with van der Waals surface area (Å²) >= 11 is 0. The molecule has 1 rings (SSSR count). The van der Waals surface area contributed by atoms with Crippen molar-refractivity contribution in [2.24, 2.45) is 11.7 Å². The van der Waals surface area contributed by atoms with E-state index >= 15 is 0 Å². The standard InChI is InChI=1S/C12H17F2NO2/c1-7(2)11(16)10(15)8-3-5-9(6-4-8)17-12(13)14/h3-7,10-12,16H,15H2,1-2H3/t10-,11+/m0/s1. The lowest BCUT2D eigenvalue weighted by atomic mass is 9.94. The first-order valence-electron chi connectivity index (χ1n) is 5.40. The fourth-order valence-corrected chi connectivity index (χ4v) is 1.48. The van der Waals surface area contributed by atoms with E-state index in [1.807, 2.05) is 13.8 Å². The van der Waals surface area contributed by atoms with Gasteiger partial charge in [-0.05, 0) is 23.6 Å². The van der Waals surface area contributed by atoms with Crippen molar-refractivity contribution in [1.29, 1.82) is 0 Å². The molecule has 0 aliphatic carbocycles. The van der Waals surface area contributed by atoms with E-state index < -0.39 is 18.8 Å². The second-order valence-corrected chi connectivity index (χ2v) is 4.21. The molecule has 0 unspecified atom stereocenters. The molecule has 0 aliphatic rings. The van der Waals surface area contributed by atoms with E-state index in [4.69, 9.17) is 5.73 Å². The van der Waals surface area contributed by atoms with Crippen molar-refractivity contribution >= 4 is 0 Å². The van der Waals surface area contributed by atoms with Gasteiger partial charge in [0.2, 0.25) is 0 Å². The van der Waals surface area contributed by atoms with Crippen molar-refractivity contribution in [2.75, 3.05) is 0 Å². The molecule has 0 bridgehead atoms. The van der Waals surface area contributed by atoms with E-state index in [1.54, 1.807) is 12.1 Å². The first kappa shape index (κ1) is 13.9. The minimum absolute atomic E-state index is 0.0296. The van der Waals surface area contributed by atoms with Crippen molar-refractivity contribution in [2.45, 2.75) is 32.6 Å². The highest BCUT2D eigenvalue weighted by atomic mass is 19.3. The molecule has 0 aromatic heterocycles. The minimum Gasteiger partial charge on any atom is -0.435 e. The molecule has 0 radical (unpaired) electrons. The summed E-state index contributed by atoms with van der Waals surface area (Å²) in [6, 6.07) is 5.45. The third-order valence-corrected chi connectivity index (χ3v) is 2.54. The zero-order valence-electron chi connectivity index (χ0n) is 9.81. The molecular formula is C12H17F2NO2. The maximum Gasteiger partial charge on any atom is 0.387 e. The third kappa shape index (κ3) is 3.94. The number of halogens is 2. The number of alkyl halides is 2. The van der Waals surface area contributed by atoms with Crippen LogP contribution in [0.4, 0.5) is 8.78 Å². The predicted octanol–water partition coefficient (Wildman–Crippen LogP) is 2.30. The van der Waals surface area contributed by atoms with E-state index in [2.05, 4.69) is 4.74 Å². The van der Waals surface area contributed by atoms with Crippen LogP contribution < -0.4 is 10.5 Å². The van der Waals surface area contributed by atoms with Crippen molar-refractivity contribution < 1.29 is 18.6 Å². The highest BCUT2D eigenvalue weighted by Crippen LogP contribution is 2.22. The van der Waals surface area contributed by atoms with E-state index in [0.29, 0.717) is 5.56 Å². The van der Waals surface area contributed by atoms with Gasteiger partial charge in [-0.3, -0.25) is 0 Å². The maximum absolute atomic E-state index is 11.9. The number of benzene rings is 1. The van der Waals surface area contributed by atoms with E-state index in [9.17, 15) is 13.9 Å². The van der Waals surface area contributed by atoms with Crippen LogP contribution >= 0.6 is 0 Å². The molecule has 3 nitrogen and oxygen atoms in total. The van der Waals surface area contributed by atoms with Crippen molar-refractivity contribution in [3.63, 3.8) is 0 Å². The van der Waals surface area contributed by atoms with Gasteiger partial charge in [0.15, 0.2) is 0 Å². The Kier molecular flexibility index (Phi) is 4.84. The van der Waals surface area contributed by atoms with Gasteiger partial charge in [0.25, 0.3) is 0 Å². The Hall–Kier alpha value is -1.20. The van der Waals surface area contributed by atoms with Gasteiger partial charge in [-0.2, -0.15) is 8.78 Å². The Balaban J connectivity index is 2.73. The van der Waals surface area contributed by atoms with Crippen LogP contribution in [0.5, 0.6) is 5.75 Å². The highest BCUT2D eigenvalue weighted by Gasteiger charge is 2.20. The van der Waals surface area contributed by atoms with Gasteiger partial charge in [-0.15, -0.1) is 0 Å². The van der Waals surface area contributed by atoms with Gasteiger partial charge in [-0.25, -0.2) is 0 Å². The smallest absolute Gasteiger partial charge is 0.387 e. The number of hydrogen-bond donors (Lipinski definition) is 2. The van der Waals surface area contributed by atoms with Crippen LogP contribution in [0.1, 0.15) is 25.5 Å². The van der Waals surface area contributed by atoms with E-state index in [-0.39, 0.29) is 11.7 Å². The number of rotatable bonds is 5. The van der Waals surface area contributed by atoms with Gasteiger partial charge in [0.1, 0.15) is 5.75 Å². The topological polar surface area (TPSA) is 55.5 Å². The minimum atomic E-state index is -2.84. The van der Waals surface area contributed by atoms with Gasteiger partial charge in [0, 0.05) is 0 Å². The van der Waals surface area contributed by atoms with E-state index in [0.717, 1.165) is 0 Å². The molecule has 0 saturated carbocycles. The monoisotopic (exact) mass is 245 g/mol. The Labute approximate surface area is 99.2 Å². The predicted molar refractivity (Wildman–Crippen MR) is 60.8 cm³/mol. The Morgan fingerprint density at radius 3 is 2.12 bits per heavy atom. The summed E-state index contributed by atoms with van der Waals surface area (Å²) in [5.74, 6) is 0.108. The molecule has 0 saturated heterocycles. The summed E-state index contributed by atoms with van der Waals surface area (Å²) in [5, 5.41) is 9.79. The summed E-state index contributed by atoms with van der Waals surface area (Å²) in [6.45, 7) is 0.883. The molecule has 0 fully saturated rings. The molecular weight excluding hydrogens is 228 g/mol. The number of nitrogens with two attached hydrogens (primary N) is 1. The lowest BCUT2D eigenvalue weighted by molar-refractivity contribution is -0.0498. The molecule has 1 aromatic rings. The van der Waals surface area contributed by atoms with Crippen LogP contribution in [0.15, 0.2) is 24.3 Å². The second kappa shape index (κ2) is 5.93. The van der Waals surface area contributed by atoms with E-state index in [1.165, 1.54) is 12.1 Å². The normalized spacial score (nSPS) is 15.1. The molecule has 3 N–H and O–H groups in total. The number of aliphatic hydroxyl groups is 1. The van der Waals surface area contributed by atoms with Gasteiger partial charge < -0.3 is 15.6 Å². The molecule has 0 aliphatic heterocycles. The molecule has 1 aromatic carbocycles. The third-order valence-electron chi connectivity index (χ3n) is 2.54. The lowest BCUT2D eigenvalue weighted by Gasteiger charge is -2.22. The summed E-state index contributed by atoms with van der Waals surface area (Å²) in [7, 11) is 0. The van der Waals surface area contributed by atoms with Crippen LogP contribution in [0.25, 0.3) is 0 Å². The van der Waals surface area contributed by atoms with Crippen molar-refractivity contribution in [1.82, 2.24) is 0 Å². The van der Waals surface area contributed by atoms with Gasteiger partial charge in [0.05, 0.1) is 12.1 Å². The summed E-state index contributed by atoms with van der Waals surface area (Å²) in [5.41, 5.74) is 6.54. The molecule has 0 amide bonds. The average Bonchev–Trinajstić information content (AvgIpc) is 2.27. The van der Waals surface area contributed by atoms with Crippen LogP contribution in [-0.2, 0) is 0 Å². The molecule has 96 valence electrons. The molecule has 0 spiro atoms. The van der Waals surface area contributed by atoms with Gasteiger partial charge >= 0.3 is 6.61 Å². The highest BCUT2D eigenvalue weighted by molar-refractivity contribution is 5.29. The van der Waals surface area contributed by atoms with Crippen LogP contribution in [-0.4, -0.2) is 17.8 Å². The van der Waals surface area contributed by atoms with Gasteiger partial charge in [-0.1, -0.05) is 26.0 Å². The Bertz CT molecular complexity index is 341. The lowest BCUT2D eigenvalue weighted by Crippen LogP contribution is -2.30. The quantitative estimate of drug-likeness (QED) is 0.837. The molecule has 0 heterocycles. The zero-order chi connectivity index (χ0) is 13.0. The van der Waals surface area contributed by atoms with Crippen molar-refractivity contribution in [3.05, 3.63) is 29.8 Å². The Morgan fingerprint density at radius 2 is 1.71 bits per heavy atom. The average molecular weight is 245 g/mol. The fraction of sp³-hybridized carbons (Fsp3) is 0.500. The number of ether oxygens (including phenoxy) is 1. The largest absolute Gasteiger partial charge is 0.435 e. The maximum atomic E-state index is 11.9. The molecule has 2 atom stereocenters. The SMILES string of the molecule is CC(C)[C@@H](O)[C@@H](N)c1ccc(OC(F)F)cc1. The fourth-order valence-electron chi connectivity index (χ4n) is 1.48. The molecule has 5 heteroatoms. The number of hydrogen-bond acceptors (Lipinski definition) is 3. The van der Waals surface area contributed by atoms with Crippen LogP contribution in [0, 0.1) is 5.92 Å². The zero-order valence-corrected chi connectivity index (χ0v) is 9.81. The Morgan fingerprint density at radius 1 is 1.18 bits per heavy atom. The summed E-state index contributed by atoms with van der Waals surface area (Å²) < 4.78 is 28.1.